The first-order valence-corrected chi connectivity index (χ1v) is 5.83. The Kier molecular flexibility index (Phi) is 4.24. The van der Waals surface area contributed by atoms with E-state index in [0.717, 1.165) is 11.8 Å². The summed E-state index contributed by atoms with van der Waals surface area (Å²) < 4.78 is 0. The van der Waals surface area contributed by atoms with Gasteiger partial charge >= 0.3 is 0 Å². The van der Waals surface area contributed by atoms with Crippen LogP contribution in [-0.2, 0) is 0 Å². The molecule has 1 rings (SSSR count). The van der Waals surface area contributed by atoms with Crippen molar-refractivity contribution in [3.8, 4) is 0 Å². The molecule has 1 aromatic rings. The predicted octanol–water partition coefficient (Wildman–Crippen LogP) is 4.19. The molecule has 0 aromatic carbocycles. The first kappa shape index (κ1) is 11.4. The fourth-order valence-electron chi connectivity index (χ4n) is 2.23. The van der Waals surface area contributed by atoms with Crippen molar-refractivity contribution in [3.63, 3.8) is 0 Å². The number of hydrogen-bond acceptors (Lipinski definition) is 0. The summed E-state index contributed by atoms with van der Waals surface area (Å²) in [6.45, 7) is 9.28. The molecule has 0 amide bonds. The summed E-state index contributed by atoms with van der Waals surface area (Å²) in [7, 11) is 0. The summed E-state index contributed by atoms with van der Waals surface area (Å²) in [5, 5.41) is 0. The number of aromatic nitrogens is 1. The van der Waals surface area contributed by atoms with Gasteiger partial charge in [-0.25, -0.2) is 0 Å². The quantitative estimate of drug-likeness (QED) is 0.721. The van der Waals surface area contributed by atoms with Crippen LogP contribution < -0.4 is 0 Å². The highest BCUT2D eigenvalue weighted by Crippen LogP contribution is 2.34. The molecule has 14 heavy (non-hydrogen) atoms. The smallest absolute Gasteiger partial charge is 0.0184 e. The van der Waals surface area contributed by atoms with E-state index in [9.17, 15) is 0 Å². The van der Waals surface area contributed by atoms with Gasteiger partial charge in [0.15, 0.2) is 0 Å². The molecule has 0 aliphatic rings. The maximum atomic E-state index is 3.37. The van der Waals surface area contributed by atoms with E-state index in [1.807, 2.05) is 6.20 Å². The second-order valence-electron chi connectivity index (χ2n) is 4.42. The lowest BCUT2D eigenvalue weighted by molar-refractivity contribution is 0.324. The Morgan fingerprint density at radius 3 is 2.07 bits per heavy atom. The molecule has 1 heterocycles. The van der Waals surface area contributed by atoms with Crippen molar-refractivity contribution in [2.45, 2.75) is 46.5 Å². The molecule has 0 spiro atoms. The third-order valence-electron chi connectivity index (χ3n) is 3.50. The van der Waals surface area contributed by atoms with Gasteiger partial charge in [-0.2, -0.15) is 0 Å². The monoisotopic (exact) mass is 193 g/mol. The zero-order chi connectivity index (χ0) is 10.6. The summed E-state index contributed by atoms with van der Waals surface area (Å²) >= 11 is 0. The average molecular weight is 193 g/mol. The van der Waals surface area contributed by atoms with Crippen molar-refractivity contribution in [1.29, 1.82) is 0 Å². The van der Waals surface area contributed by atoms with Crippen LogP contribution in [0.4, 0.5) is 0 Å². The van der Waals surface area contributed by atoms with E-state index in [-0.39, 0.29) is 0 Å². The van der Waals surface area contributed by atoms with Gasteiger partial charge in [0, 0.05) is 17.8 Å². The SMILES string of the molecule is CCC(C)C(c1ccc[nH]1)C(C)CC. The second-order valence-corrected chi connectivity index (χ2v) is 4.42. The summed E-state index contributed by atoms with van der Waals surface area (Å²) in [6.07, 6.45) is 4.55. The minimum Gasteiger partial charge on any atom is -0.365 e. The first-order valence-electron chi connectivity index (χ1n) is 5.83. The normalized spacial score (nSPS) is 17.7. The highest BCUT2D eigenvalue weighted by molar-refractivity contribution is 5.12. The molecule has 0 aliphatic carbocycles. The van der Waals surface area contributed by atoms with Crippen LogP contribution in [0.1, 0.15) is 52.1 Å². The molecular formula is C13H23N. The van der Waals surface area contributed by atoms with E-state index < -0.39 is 0 Å². The number of hydrogen-bond donors (Lipinski definition) is 1. The van der Waals surface area contributed by atoms with Gasteiger partial charge in [0.05, 0.1) is 0 Å². The molecule has 0 fully saturated rings. The lowest BCUT2D eigenvalue weighted by Gasteiger charge is -2.27. The maximum absolute atomic E-state index is 3.37. The van der Waals surface area contributed by atoms with Crippen molar-refractivity contribution in [3.05, 3.63) is 24.0 Å². The van der Waals surface area contributed by atoms with Gasteiger partial charge in [0.25, 0.3) is 0 Å². The van der Waals surface area contributed by atoms with Gasteiger partial charge in [0.2, 0.25) is 0 Å². The van der Waals surface area contributed by atoms with Gasteiger partial charge in [-0.05, 0) is 24.0 Å². The van der Waals surface area contributed by atoms with E-state index in [0.29, 0.717) is 5.92 Å². The third kappa shape index (κ3) is 2.40. The van der Waals surface area contributed by atoms with Gasteiger partial charge < -0.3 is 4.98 Å². The minimum atomic E-state index is 0.694. The van der Waals surface area contributed by atoms with Crippen LogP contribution in [0.2, 0.25) is 0 Å². The maximum Gasteiger partial charge on any atom is 0.0184 e. The number of nitrogens with one attached hydrogen (secondary N) is 1. The van der Waals surface area contributed by atoms with Crippen molar-refractivity contribution >= 4 is 0 Å². The van der Waals surface area contributed by atoms with Gasteiger partial charge in [-0.1, -0.05) is 40.5 Å². The topological polar surface area (TPSA) is 15.8 Å². The van der Waals surface area contributed by atoms with Crippen molar-refractivity contribution in [2.24, 2.45) is 11.8 Å². The molecule has 1 aromatic heterocycles. The van der Waals surface area contributed by atoms with Crippen LogP contribution in [0.25, 0.3) is 0 Å². The van der Waals surface area contributed by atoms with Crippen molar-refractivity contribution in [2.75, 3.05) is 0 Å². The summed E-state index contributed by atoms with van der Waals surface area (Å²) in [4.78, 5) is 3.37. The zero-order valence-corrected chi connectivity index (χ0v) is 9.88. The summed E-state index contributed by atoms with van der Waals surface area (Å²) in [5.41, 5.74) is 1.41. The molecule has 2 unspecified atom stereocenters. The fraction of sp³-hybridized carbons (Fsp3) is 0.692. The van der Waals surface area contributed by atoms with Crippen molar-refractivity contribution in [1.82, 2.24) is 4.98 Å². The largest absolute Gasteiger partial charge is 0.365 e. The van der Waals surface area contributed by atoms with E-state index in [1.165, 1.54) is 18.5 Å². The van der Waals surface area contributed by atoms with Crippen LogP contribution in [0.3, 0.4) is 0 Å². The van der Waals surface area contributed by atoms with E-state index in [1.54, 1.807) is 0 Å². The third-order valence-corrected chi connectivity index (χ3v) is 3.50. The van der Waals surface area contributed by atoms with E-state index in [4.69, 9.17) is 0 Å². The molecular weight excluding hydrogens is 170 g/mol. The Labute approximate surface area is 87.9 Å². The Balaban J connectivity index is 2.82. The second kappa shape index (κ2) is 5.23. The minimum absolute atomic E-state index is 0.694. The van der Waals surface area contributed by atoms with Gasteiger partial charge in [-0.15, -0.1) is 0 Å². The lowest BCUT2D eigenvalue weighted by Crippen LogP contribution is -2.17. The molecule has 2 atom stereocenters. The van der Waals surface area contributed by atoms with Crippen molar-refractivity contribution < 1.29 is 0 Å². The van der Waals surface area contributed by atoms with Crippen LogP contribution in [-0.4, -0.2) is 4.98 Å². The molecule has 1 nitrogen and oxygen atoms in total. The summed E-state index contributed by atoms with van der Waals surface area (Å²) in [5.74, 6) is 2.23. The standard InChI is InChI=1S/C13H23N/c1-5-10(3)13(11(4)6-2)12-8-7-9-14-12/h7-11,13-14H,5-6H2,1-4H3. The molecule has 0 aliphatic heterocycles. The number of H-pyrrole nitrogens is 1. The Hall–Kier alpha value is -0.720. The molecule has 0 saturated heterocycles. The van der Waals surface area contributed by atoms with Crippen LogP contribution in [0.15, 0.2) is 18.3 Å². The summed E-state index contributed by atoms with van der Waals surface area (Å²) in [6, 6.07) is 4.33. The Bertz CT molecular complexity index is 228. The average Bonchev–Trinajstić information content (AvgIpc) is 2.70. The Morgan fingerprint density at radius 2 is 1.71 bits per heavy atom. The van der Waals surface area contributed by atoms with E-state index >= 15 is 0 Å². The molecule has 1 N–H and O–H groups in total. The number of rotatable bonds is 5. The molecule has 0 bridgehead atoms. The molecule has 80 valence electrons. The molecule has 0 radical (unpaired) electrons. The number of aromatic amines is 1. The lowest BCUT2D eigenvalue weighted by atomic mass is 9.79. The Morgan fingerprint density at radius 1 is 1.14 bits per heavy atom. The molecule has 1 heteroatoms. The highest BCUT2D eigenvalue weighted by Gasteiger charge is 2.23. The fourth-order valence-corrected chi connectivity index (χ4v) is 2.23. The predicted molar refractivity (Wildman–Crippen MR) is 62.4 cm³/mol. The van der Waals surface area contributed by atoms with Crippen LogP contribution in [0, 0.1) is 11.8 Å². The van der Waals surface area contributed by atoms with Crippen LogP contribution >= 0.6 is 0 Å². The van der Waals surface area contributed by atoms with Gasteiger partial charge in [-0.3, -0.25) is 0 Å². The van der Waals surface area contributed by atoms with E-state index in [2.05, 4.69) is 44.8 Å². The zero-order valence-electron chi connectivity index (χ0n) is 9.88. The van der Waals surface area contributed by atoms with Gasteiger partial charge in [0.1, 0.15) is 0 Å². The highest BCUT2D eigenvalue weighted by atomic mass is 14.7. The molecule has 0 saturated carbocycles. The first-order chi connectivity index (χ1) is 6.70. The van der Waals surface area contributed by atoms with Crippen LogP contribution in [0.5, 0.6) is 0 Å².